The molecule has 2 nitrogen and oxygen atoms in total. The summed E-state index contributed by atoms with van der Waals surface area (Å²) < 4.78 is 0. The summed E-state index contributed by atoms with van der Waals surface area (Å²) in [6, 6.07) is 2.17. The molecule has 0 aromatic carbocycles. The van der Waals surface area contributed by atoms with Gasteiger partial charge >= 0.3 is 0 Å². The van der Waals surface area contributed by atoms with Crippen molar-refractivity contribution in [2.75, 3.05) is 6.61 Å². The lowest BCUT2D eigenvalue weighted by atomic mass is 9.81. The van der Waals surface area contributed by atoms with E-state index in [0.29, 0.717) is 5.92 Å². The summed E-state index contributed by atoms with van der Waals surface area (Å²) in [5, 5.41) is 17.5. The second-order valence-electron chi connectivity index (χ2n) is 3.32. The first kappa shape index (κ1) is 8.55. The van der Waals surface area contributed by atoms with Gasteiger partial charge in [-0.3, -0.25) is 0 Å². The van der Waals surface area contributed by atoms with Gasteiger partial charge < -0.3 is 5.11 Å². The van der Waals surface area contributed by atoms with Gasteiger partial charge in [0.05, 0.1) is 18.6 Å². The third-order valence-electron chi connectivity index (χ3n) is 2.58. The first-order valence-electron chi connectivity index (χ1n) is 4.39. The van der Waals surface area contributed by atoms with Crippen molar-refractivity contribution < 1.29 is 5.11 Å². The zero-order valence-electron chi connectivity index (χ0n) is 6.79. The summed E-state index contributed by atoms with van der Waals surface area (Å²) >= 11 is 0. The summed E-state index contributed by atoms with van der Waals surface area (Å²) in [4.78, 5) is 0. The molecule has 0 heterocycles. The zero-order chi connectivity index (χ0) is 8.10. The number of rotatable bonds is 2. The van der Waals surface area contributed by atoms with Crippen LogP contribution in [0.1, 0.15) is 32.1 Å². The van der Waals surface area contributed by atoms with Gasteiger partial charge in [-0.15, -0.1) is 0 Å². The van der Waals surface area contributed by atoms with E-state index in [1.807, 2.05) is 0 Å². The number of nitrogens with zero attached hydrogens (tertiary/aromatic N) is 1. The monoisotopic (exact) mass is 153 g/mol. The van der Waals surface area contributed by atoms with Gasteiger partial charge in [-0.05, 0) is 18.8 Å². The molecular formula is C9H15NO. The fourth-order valence-corrected chi connectivity index (χ4v) is 1.83. The Hall–Kier alpha value is -0.550. The second-order valence-corrected chi connectivity index (χ2v) is 3.32. The Balaban J connectivity index is 2.38. The van der Waals surface area contributed by atoms with Crippen LogP contribution in [-0.2, 0) is 0 Å². The van der Waals surface area contributed by atoms with Crippen LogP contribution in [0.3, 0.4) is 0 Å². The lowest BCUT2D eigenvalue weighted by molar-refractivity contribution is 0.184. The molecule has 2 heteroatoms. The molecule has 0 unspecified atom stereocenters. The highest BCUT2D eigenvalue weighted by Crippen LogP contribution is 2.29. The van der Waals surface area contributed by atoms with Crippen molar-refractivity contribution in [1.29, 1.82) is 5.26 Å². The normalized spacial score (nSPS) is 22.5. The van der Waals surface area contributed by atoms with E-state index in [4.69, 9.17) is 10.4 Å². The highest BCUT2D eigenvalue weighted by molar-refractivity contribution is 4.88. The molecule has 1 N–H and O–H groups in total. The Morgan fingerprint density at radius 3 is 2.45 bits per heavy atom. The van der Waals surface area contributed by atoms with Gasteiger partial charge in [0.2, 0.25) is 0 Å². The van der Waals surface area contributed by atoms with Gasteiger partial charge in [0, 0.05) is 0 Å². The molecule has 0 radical (unpaired) electrons. The van der Waals surface area contributed by atoms with Crippen molar-refractivity contribution in [2.45, 2.75) is 32.1 Å². The molecule has 1 aliphatic carbocycles. The van der Waals surface area contributed by atoms with Crippen LogP contribution in [0, 0.1) is 23.2 Å². The fraction of sp³-hybridized carbons (Fsp3) is 0.889. The van der Waals surface area contributed by atoms with E-state index in [2.05, 4.69) is 6.07 Å². The van der Waals surface area contributed by atoms with E-state index < -0.39 is 0 Å². The standard InChI is InChI=1S/C9H15NO/c10-6-9(7-11)8-4-2-1-3-5-8/h8-9,11H,1-5,7H2/t9-/m1/s1. The Morgan fingerprint density at radius 1 is 1.36 bits per heavy atom. The van der Waals surface area contributed by atoms with Crippen molar-refractivity contribution in [3.63, 3.8) is 0 Å². The molecule has 0 aliphatic heterocycles. The second kappa shape index (κ2) is 4.35. The van der Waals surface area contributed by atoms with Crippen LogP contribution >= 0.6 is 0 Å². The molecule has 1 rings (SSSR count). The van der Waals surface area contributed by atoms with Crippen molar-refractivity contribution >= 4 is 0 Å². The van der Waals surface area contributed by atoms with Gasteiger partial charge in [-0.2, -0.15) is 5.26 Å². The van der Waals surface area contributed by atoms with E-state index in [9.17, 15) is 0 Å². The van der Waals surface area contributed by atoms with E-state index in [1.54, 1.807) is 0 Å². The maximum atomic E-state index is 8.86. The molecule has 62 valence electrons. The molecule has 11 heavy (non-hydrogen) atoms. The van der Waals surface area contributed by atoms with Gasteiger partial charge in [-0.25, -0.2) is 0 Å². The van der Waals surface area contributed by atoms with Crippen molar-refractivity contribution in [3.05, 3.63) is 0 Å². The number of aliphatic hydroxyl groups is 1. The van der Waals surface area contributed by atoms with E-state index in [1.165, 1.54) is 19.3 Å². The Kier molecular flexibility index (Phi) is 3.38. The highest BCUT2D eigenvalue weighted by atomic mass is 16.3. The number of nitriles is 1. The Labute approximate surface area is 67.8 Å². The minimum absolute atomic E-state index is 0.0428. The molecule has 0 saturated heterocycles. The predicted octanol–water partition coefficient (Wildman–Crippen LogP) is 1.70. The van der Waals surface area contributed by atoms with Crippen LogP contribution < -0.4 is 0 Å². The van der Waals surface area contributed by atoms with Crippen molar-refractivity contribution in [3.8, 4) is 6.07 Å². The Bertz CT molecular complexity index is 144. The van der Waals surface area contributed by atoms with Crippen LogP contribution in [0.5, 0.6) is 0 Å². The molecule has 0 aromatic heterocycles. The largest absolute Gasteiger partial charge is 0.395 e. The van der Waals surface area contributed by atoms with Gasteiger partial charge in [-0.1, -0.05) is 19.3 Å². The SMILES string of the molecule is N#C[C@H](CO)C1CCCCC1. The molecule has 1 saturated carbocycles. The predicted molar refractivity (Wildman–Crippen MR) is 42.8 cm³/mol. The minimum atomic E-state index is -0.102. The lowest BCUT2D eigenvalue weighted by Crippen LogP contribution is -2.19. The van der Waals surface area contributed by atoms with E-state index in [0.717, 1.165) is 12.8 Å². The van der Waals surface area contributed by atoms with Crippen molar-refractivity contribution in [1.82, 2.24) is 0 Å². The van der Waals surface area contributed by atoms with Crippen LogP contribution in [0.2, 0.25) is 0 Å². The molecule has 0 amide bonds. The summed E-state index contributed by atoms with van der Waals surface area (Å²) in [6.07, 6.45) is 6.06. The Morgan fingerprint density at radius 2 is 2.00 bits per heavy atom. The number of aliphatic hydroxyl groups excluding tert-OH is 1. The highest BCUT2D eigenvalue weighted by Gasteiger charge is 2.22. The maximum Gasteiger partial charge on any atom is 0.0722 e. The van der Waals surface area contributed by atoms with E-state index >= 15 is 0 Å². The first-order chi connectivity index (χ1) is 5.38. The van der Waals surface area contributed by atoms with Gasteiger partial charge in [0.25, 0.3) is 0 Å². The van der Waals surface area contributed by atoms with Gasteiger partial charge in [0.15, 0.2) is 0 Å². The molecule has 0 aromatic rings. The van der Waals surface area contributed by atoms with Crippen molar-refractivity contribution in [2.24, 2.45) is 11.8 Å². The fourth-order valence-electron chi connectivity index (χ4n) is 1.83. The minimum Gasteiger partial charge on any atom is -0.395 e. The van der Waals surface area contributed by atoms with Crippen LogP contribution in [0.25, 0.3) is 0 Å². The smallest absolute Gasteiger partial charge is 0.0722 e. The quantitative estimate of drug-likeness (QED) is 0.656. The lowest BCUT2D eigenvalue weighted by Gasteiger charge is -2.24. The number of hydrogen-bond donors (Lipinski definition) is 1. The summed E-state index contributed by atoms with van der Waals surface area (Å²) in [5.74, 6) is 0.369. The third kappa shape index (κ3) is 2.20. The molecule has 0 spiro atoms. The van der Waals surface area contributed by atoms with Crippen LogP contribution in [0.4, 0.5) is 0 Å². The number of hydrogen-bond acceptors (Lipinski definition) is 2. The summed E-state index contributed by atoms with van der Waals surface area (Å²) in [6.45, 7) is 0.0428. The topological polar surface area (TPSA) is 44.0 Å². The molecule has 1 fully saturated rings. The van der Waals surface area contributed by atoms with Gasteiger partial charge in [0.1, 0.15) is 0 Å². The average Bonchev–Trinajstić information content (AvgIpc) is 2.09. The molecular weight excluding hydrogens is 138 g/mol. The molecule has 0 bridgehead atoms. The summed E-state index contributed by atoms with van der Waals surface area (Å²) in [5.41, 5.74) is 0. The zero-order valence-corrected chi connectivity index (χ0v) is 6.79. The van der Waals surface area contributed by atoms with Crippen LogP contribution in [-0.4, -0.2) is 11.7 Å². The summed E-state index contributed by atoms with van der Waals surface area (Å²) in [7, 11) is 0. The van der Waals surface area contributed by atoms with E-state index in [-0.39, 0.29) is 12.5 Å². The molecule has 1 atom stereocenters. The molecule has 1 aliphatic rings. The third-order valence-corrected chi connectivity index (χ3v) is 2.58. The average molecular weight is 153 g/mol. The van der Waals surface area contributed by atoms with Crippen LogP contribution in [0.15, 0.2) is 0 Å². The maximum absolute atomic E-state index is 8.86. The first-order valence-corrected chi connectivity index (χ1v) is 4.39.